The van der Waals surface area contributed by atoms with Gasteiger partial charge >= 0.3 is 5.97 Å². The van der Waals surface area contributed by atoms with Crippen LogP contribution in [0.1, 0.15) is 26.2 Å². The summed E-state index contributed by atoms with van der Waals surface area (Å²) in [6.07, 6.45) is 2.78. The first kappa shape index (κ1) is 18.9. The number of carbonyl (C=O) groups is 1. The molecule has 0 spiro atoms. The number of ether oxygens (including phenoxy) is 1. The van der Waals surface area contributed by atoms with Crippen LogP contribution in [-0.4, -0.2) is 52.6 Å². The molecule has 1 unspecified atom stereocenters. The average molecular weight is 375 g/mol. The van der Waals surface area contributed by atoms with Gasteiger partial charge in [0, 0.05) is 12.8 Å². The monoisotopic (exact) mass is 375 g/mol. The Labute approximate surface area is 142 Å². The summed E-state index contributed by atoms with van der Waals surface area (Å²) in [6.45, 7) is 2.04. The van der Waals surface area contributed by atoms with E-state index in [4.69, 9.17) is 4.74 Å². The summed E-state index contributed by atoms with van der Waals surface area (Å²) in [6, 6.07) is 4.31. The molecule has 24 heavy (non-hydrogen) atoms. The van der Waals surface area contributed by atoms with E-state index in [0.29, 0.717) is 12.8 Å². The van der Waals surface area contributed by atoms with Crippen LogP contribution in [-0.2, 0) is 29.4 Å². The Morgan fingerprint density at radius 1 is 1.21 bits per heavy atom. The summed E-state index contributed by atoms with van der Waals surface area (Å²) < 4.78 is 55.2. The minimum Gasteiger partial charge on any atom is -0.465 e. The maximum Gasteiger partial charge on any atom is 0.324 e. The zero-order chi connectivity index (χ0) is 18.0. The lowest BCUT2D eigenvalue weighted by molar-refractivity contribution is -0.148. The van der Waals surface area contributed by atoms with Crippen molar-refractivity contribution >= 4 is 25.8 Å². The molecule has 1 aromatic rings. The van der Waals surface area contributed by atoms with Crippen molar-refractivity contribution in [3.8, 4) is 0 Å². The number of hydrogen-bond donors (Lipinski definition) is 0. The molecule has 0 radical (unpaired) electrons. The molecule has 0 aromatic heterocycles. The standard InChI is InChI=1S/C15H21NO6S2/c1-3-22-15(17)14-9-4-5-10-16(14)24(20,21)13-8-6-7-12(11-13)23(2,18)19/h6-8,11,14H,3-5,9-10H2,1-2H3. The first-order chi connectivity index (χ1) is 11.2. The molecule has 0 saturated carbocycles. The Kier molecular flexibility index (Phi) is 5.67. The number of sulfonamides is 1. The van der Waals surface area contributed by atoms with Crippen LogP contribution < -0.4 is 0 Å². The maximum absolute atomic E-state index is 12.9. The number of hydrogen-bond acceptors (Lipinski definition) is 6. The van der Waals surface area contributed by atoms with E-state index in [1.54, 1.807) is 6.92 Å². The van der Waals surface area contributed by atoms with Crippen molar-refractivity contribution in [2.45, 2.75) is 42.0 Å². The van der Waals surface area contributed by atoms with Gasteiger partial charge in [0.15, 0.2) is 9.84 Å². The van der Waals surface area contributed by atoms with Crippen molar-refractivity contribution in [1.29, 1.82) is 0 Å². The lowest BCUT2D eigenvalue weighted by Crippen LogP contribution is -2.48. The fourth-order valence-corrected chi connectivity index (χ4v) is 5.10. The van der Waals surface area contributed by atoms with Crippen LogP contribution >= 0.6 is 0 Å². The van der Waals surface area contributed by atoms with Crippen molar-refractivity contribution in [1.82, 2.24) is 4.31 Å². The van der Waals surface area contributed by atoms with E-state index in [1.165, 1.54) is 18.2 Å². The highest BCUT2D eigenvalue weighted by molar-refractivity contribution is 7.91. The van der Waals surface area contributed by atoms with Crippen molar-refractivity contribution in [2.24, 2.45) is 0 Å². The Morgan fingerprint density at radius 2 is 1.88 bits per heavy atom. The molecule has 1 aromatic carbocycles. The van der Waals surface area contributed by atoms with Crippen LogP contribution in [0.4, 0.5) is 0 Å². The molecule has 1 atom stereocenters. The fraction of sp³-hybridized carbons (Fsp3) is 0.533. The molecule has 1 fully saturated rings. The van der Waals surface area contributed by atoms with Crippen LogP contribution in [0.5, 0.6) is 0 Å². The van der Waals surface area contributed by atoms with E-state index in [-0.39, 0.29) is 22.9 Å². The zero-order valence-corrected chi connectivity index (χ0v) is 15.3. The highest BCUT2D eigenvalue weighted by atomic mass is 32.2. The van der Waals surface area contributed by atoms with Gasteiger partial charge < -0.3 is 4.74 Å². The van der Waals surface area contributed by atoms with Crippen molar-refractivity contribution in [2.75, 3.05) is 19.4 Å². The van der Waals surface area contributed by atoms with Crippen LogP contribution in [0.2, 0.25) is 0 Å². The van der Waals surface area contributed by atoms with Gasteiger partial charge in [-0.15, -0.1) is 0 Å². The molecule has 2 rings (SSSR count). The molecule has 0 aliphatic carbocycles. The Bertz CT molecular complexity index is 816. The Balaban J connectivity index is 2.42. The van der Waals surface area contributed by atoms with Gasteiger partial charge in [-0.05, 0) is 44.4 Å². The molecule has 0 N–H and O–H groups in total. The number of piperidine rings is 1. The molecule has 7 nitrogen and oxygen atoms in total. The van der Waals surface area contributed by atoms with Gasteiger partial charge in [0.05, 0.1) is 16.4 Å². The van der Waals surface area contributed by atoms with Crippen LogP contribution in [0.3, 0.4) is 0 Å². The highest BCUT2D eigenvalue weighted by Gasteiger charge is 2.38. The average Bonchev–Trinajstić information content (AvgIpc) is 2.54. The predicted molar refractivity (Wildman–Crippen MR) is 87.7 cm³/mol. The first-order valence-corrected chi connectivity index (χ1v) is 11.0. The van der Waals surface area contributed by atoms with E-state index in [1.807, 2.05) is 0 Å². The maximum atomic E-state index is 12.9. The molecule has 1 saturated heterocycles. The van der Waals surface area contributed by atoms with Gasteiger partial charge in [0.1, 0.15) is 6.04 Å². The number of sulfone groups is 1. The third kappa shape index (κ3) is 3.96. The summed E-state index contributed by atoms with van der Waals surface area (Å²) in [5, 5.41) is 0. The number of carbonyl (C=O) groups excluding carboxylic acids is 1. The molecule has 0 bridgehead atoms. The second-order valence-electron chi connectivity index (χ2n) is 5.63. The van der Waals surface area contributed by atoms with Crippen molar-refractivity contribution < 1.29 is 26.4 Å². The van der Waals surface area contributed by atoms with E-state index in [9.17, 15) is 21.6 Å². The first-order valence-electron chi connectivity index (χ1n) is 7.66. The predicted octanol–water partition coefficient (Wildman–Crippen LogP) is 1.20. The Morgan fingerprint density at radius 3 is 2.50 bits per heavy atom. The molecule has 134 valence electrons. The van der Waals surface area contributed by atoms with E-state index in [0.717, 1.165) is 23.0 Å². The minimum absolute atomic E-state index is 0.0757. The summed E-state index contributed by atoms with van der Waals surface area (Å²) >= 11 is 0. The molecule has 1 heterocycles. The summed E-state index contributed by atoms with van der Waals surface area (Å²) in [4.78, 5) is 11.9. The third-order valence-electron chi connectivity index (χ3n) is 3.85. The molecule has 0 amide bonds. The van der Waals surface area contributed by atoms with Gasteiger partial charge in [-0.2, -0.15) is 4.31 Å². The third-order valence-corrected chi connectivity index (χ3v) is 6.87. The molecule has 1 aliphatic heterocycles. The fourth-order valence-electron chi connectivity index (χ4n) is 2.67. The molecule has 9 heteroatoms. The molecular formula is C15H21NO6S2. The van der Waals surface area contributed by atoms with Gasteiger partial charge in [-0.1, -0.05) is 6.07 Å². The number of nitrogens with zero attached hydrogens (tertiary/aromatic N) is 1. The van der Waals surface area contributed by atoms with Gasteiger partial charge in [0.25, 0.3) is 0 Å². The minimum atomic E-state index is -3.99. The van der Waals surface area contributed by atoms with E-state index >= 15 is 0 Å². The van der Waals surface area contributed by atoms with Crippen LogP contribution in [0, 0.1) is 0 Å². The van der Waals surface area contributed by atoms with Crippen molar-refractivity contribution in [3.05, 3.63) is 24.3 Å². The van der Waals surface area contributed by atoms with Crippen LogP contribution in [0.25, 0.3) is 0 Å². The van der Waals surface area contributed by atoms with Crippen LogP contribution in [0.15, 0.2) is 34.1 Å². The highest BCUT2D eigenvalue weighted by Crippen LogP contribution is 2.27. The normalized spacial score (nSPS) is 19.8. The summed E-state index contributed by atoms with van der Waals surface area (Å²) in [5.74, 6) is -0.569. The van der Waals surface area contributed by atoms with E-state index in [2.05, 4.69) is 0 Å². The number of benzene rings is 1. The molecule has 1 aliphatic rings. The quantitative estimate of drug-likeness (QED) is 0.717. The topological polar surface area (TPSA) is 97.8 Å². The van der Waals surface area contributed by atoms with E-state index < -0.39 is 31.9 Å². The smallest absolute Gasteiger partial charge is 0.324 e. The van der Waals surface area contributed by atoms with Gasteiger partial charge in [-0.25, -0.2) is 16.8 Å². The SMILES string of the molecule is CCOC(=O)C1CCCCN1S(=O)(=O)c1cccc(S(C)(=O)=O)c1. The lowest BCUT2D eigenvalue weighted by atomic mass is 10.1. The van der Waals surface area contributed by atoms with Gasteiger partial charge in [0.2, 0.25) is 10.0 Å². The molecular weight excluding hydrogens is 354 g/mol. The van der Waals surface area contributed by atoms with Crippen molar-refractivity contribution in [3.63, 3.8) is 0 Å². The summed E-state index contributed by atoms with van der Waals surface area (Å²) in [7, 11) is -7.52. The second kappa shape index (κ2) is 7.20. The zero-order valence-electron chi connectivity index (χ0n) is 13.6. The summed E-state index contributed by atoms with van der Waals surface area (Å²) in [5.41, 5.74) is 0. The Hall–Kier alpha value is -1.45. The second-order valence-corrected chi connectivity index (χ2v) is 9.53. The van der Waals surface area contributed by atoms with Gasteiger partial charge in [-0.3, -0.25) is 4.79 Å². The number of esters is 1. The largest absolute Gasteiger partial charge is 0.465 e. The number of rotatable bonds is 5. The lowest BCUT2D eigenvalue weighted by Gasteiger charge is -2.33.